The van der Waals surface area contributed by atoms with Gasteiger partial charge in [0.1, 0.15) is 0 Å². The molecule has 3 rings (SSSR count). The molecule has 2 heterocycles. The lowest BCUT2D eigenvalue weighted by Gasteiger charge is -2.34. The molecule has 1 fully saturated rings. The number of aromatic nitrogens is 2. The second kappa shape index (κ2) is 8.29. The van der Waals surface area contributed by atoms with E-state index in [0.29, 0.717) is 28.8 Å². The zero-order chi connectivity index (χ0) is 19.6. The van der Waals surface area contributed by atoms with Gasteiger partial charge in [0.15, 0.2) is 0 Å². The Kier molecular flexibility index (Phi) is 6.04. The third-order valence-electron chi connectivity index (χ3n) is 4.66. The first-order valence-electron chi connectivity index (χ1n) is 8.59. The molecule has 0 N–H and O–H groups in total. The number of anilines is 1. The minimum atomic E-state index is -0.188. The van der Waals surface area contributed by atoms with Gasteiger partial charge in [0.2, 0.25) is 5.91 Å². The van der Waals surface area contributed by atoms with Crippen molar-refractivity contribution in [3.05, 3.63) is 46.2 Å². The van der Waals surface area contributed by atoms with Crippen LogP contribution in [-0.4, -0.2) is 64.7 Å². The van der Waals surface area contributed by atoms with Crippen LogP contribution in [0.25, 0.3) is 0 Å². The van der Waals surface area contributed by atoms with Crippen molar-refractivity contribution in [1.82, 2.24) is 19.6 Å². The third kappa shape index (κ3) is 4.61. The number of hydrogen-bond donors (Lipinski definition) is 0. The van der Waals surface area contributed by atoms with E-state index in [0.717, 1.165) is 25.2 Å². The maximum Gasteiger partial charge on any atom is 0.344 e. The van der Waals surface area contributed by atoms with E-state index < -0.39 is 0 Å². The summed E-state index contributed by atoms with van der Waals surface area (Å²) in [5.74, 6) is -0.113. The molecule has 7 nitrogen and oxygen atoms in total. The Morgan fingerprint density at radius 1 is 1.15 bits per heavy atom. The van der Waals surface area contributed by atoms with Gasteiger partial charge in [-0.1, -0.05) is 29.3 Å². The fraction of sp³-hybridized carbons (Fsp3) is 0.389. The number of benzene rings is 1. The summed E-state index contributed by atoms with van der Waals surface area (Å²) in [7, 11) is 1.65. The smallest absolute Gasteiger partial charge is 0.320 e. The number of carbonyl (C=O) groups is 2. The minimum absolute atomic E-state index is 0.113. The number of amides is 2. The topological polar surface area (TPSA) is 61.7 Å². The second-order valence-corrected chi connectivity index (χ2v) is 7.33. The van der Waals surface area contributed by atoms with E-state index in [1.54, 1.807) is 24.2 Å². The van der Waals surface area contributed by atoms with Crippen molar-refractivity contribution in [1.29, 1.82) is 0 Å². The Labute approximate surface area is 168 Å². The molecule has 2 amide bonds. The lowest BCUT2D eigenvalue weighted by molar-refractivity contribution is -0.116. The predicted molar refractivity (Wildman–Crippen MR) is 105 cm³/mol. The summed E-state index contributed by atoms with van der Waals surface area (Å²) in [6, 6.07) is 5.44. The van der Waals surface area contributed by atoms with Crippen LogP contribution in [-0.2, 0) is 11.3 Å². The Hall–Kier alpha value is -2.09. The van der Waals surface area contributed by atoms with Gasteiger partial charge in [0.05, 0.1) is 28.1 Å². The first kappa shape index (κ1) is 19.7. The van der Waals surface area contributed by atoms with E-state index in [4.69, 9.17) is 23.2 Å². The van der Waals surface area contributed by atoms with Crippen molar-refractivity contribution in [2.75, 3.05) is 38.1 Å². The molecular weight excluding hydrogens is 389 g/mol. The van der Waals surface area contributed by atoms with Crippen LogP contribution in [0.1, 0.15) is 12.5 Å². The Bertz CT molecular complexity index is 846. The van der Waals surface area contributed by atoms with Gasteiger partial charge < -0.3 is 9.80 Å². The summed E-state index contributed by atoms with van der Waals surface area (Å²) >= 11 is 12.0. The summed E-state index contributed by atoms with van der Waals surface area (Å²) in [6.07, 6.45) is 3.09. The van der Waals surface area contributed by atoms with Crippen LogP contribution in [0.5, 0.6) is 0 Å². The molecule has 1 aliphatic heterocycles. The third-order valence-corrected chi connectivity index (χ3v) is 5.40. The molecule has 2 aromatic rings. The molecule has 0 saturated carbocycles. The van der Waals surface area contributed by atoms with Crippen LogP contribution >= 0.6 is 23.2 Å². The molecule has 0 atom stereocenters. The molecule has 27 heavy (non-hydrogen) atoms. The van der Waals surface area contributed by atoms with Gasteiger partial charge in [-0.25, -0.2) is 4.79 Å². The number of piperazine rings is 1. The van der Waals surface area contributed by atoms with Crippen LogP contribution in [0.3, 0.4) is 0 Å². The Balaban J connectivity index is 1.56. The van der Waals surface area contributed by atoms with Crippen LogP contribution < -0.4 is 4.90 Å². The van der Waals surface area contributed by atoms with Gasteiger partial charge in [0.25, 0.3) is 0 Å². The Morgan fingerprint density at radius 2 is 1.85 bits per heavy atom. The maximum atomic E-state index is 12.6. The highest BCUT2D eigenvalue weighted by Gasteiger charge is 2.23. The highest BCUT2D eigenvalue weighted by atomic mass is 35.5. The first-order chi connectivity index (χ1) is 12.8. The van der Waals surface area contributed by atoms with E-state index in [-0.39, 0.29) is 11.9 Å². The van der Waals surface area contributed by atoms with Crippen LogP contribution in [0.2, 0.25) is 10.0 Å². The SMILES string of the molecule is CC(=O)N(C)c1cnn(C(=O)N2CCN(Cc3ccc(Cl)c(Cl)c3)CC2)c1. The summed E-state index contributed by atoms with van der Waals surface area (Å²) in [6.45, 7) is 4.96. The van der Waals surface area contributed by atoms with Gasteiger partial charge in [-0.15, -0.1) is 0 Å². The lowest BCUT2D eigenvalue weighted by atomic mass is 10.2. The average Bonchev–Trinajstić information content (AvgIpc) is 3.14. The fourth-order valence-corrected chi connectivity index (χ4v) is 3.23. The van der Waals surface area contributed by atoms with Crippen molar-refractivity contribution in [2.45, 2.75) is 13.5 Å². The number of carbonyl (C=O) groups excluding carboxylic acids is 2. The van der Waals surface area contributed by atoms with Crippen molar-refractivity contribution in [3.63, 3.8) is 0 Å². The van der Waals surface area contributed by atoms with Crippen LogP contribution in [0.15, 0.2) is 30.6 Å². The molecule has 1 aliphatic rings. The highest BCUT2D eigenvalue weighted by Crippen LogP contribution is 2.23. The summed E-state index contributed by atoms with van der Waals surface area (Å²) in [5.41, 5.74) is 1.68. The second-order valence-electron chi connectivity index (χ2n) is 6.52. The highest BCUT2D eigenvalue weighted by molar-refractivity contribution is 6.42. The lowest BCUT2D eigenvalue weighted by Crippen LogP contribution is -2.49. The van der Waals surface area contributed by atoms with Gasteiger partial charge in [0, 0.05) is 46.7 Å². The number of rotatable bonds is 3. The molecule has 1 aromatic carbocycles. The number of hydrogen-bond acceptors (Lipinski definition) is 4. The van der Waals surface area contributed by atoms with Crippen LogP contribution in [0, 0.1) is 0 Å². The molecule has 1 saturated heterocycles. The van der Waals surface area contributed by atoms with E-state index >= 15 is 0 Å². The maximum absolute atomic E-state index is 12.6. The van der Waals surface area contributed by atoms with E-state index in [1.807, 2.05) is 12.1 Å². The molecule has 144 valence electrons. The first-order valence-corrected chi connectivity index (χ1v) is 9.35. The molecular formula is C18H21Cl2N5O2. The van der Waals surface area contributed by atoms with Crippen molar-refractivity contribution >= 4 is 40.8 Å². The van der Waals surface area contributed by atoms with Gasteiger partial charge in [-0.2, -0.15) is 9.78 Å². The molecule has 0 radical (unpaired) electrons. The van der Waals surface area contributed by atoms with Crippen molar-refractivity contribution in [3.8, 4) is 0 Å². The number of nitrogens with zero attached hydrogens (tertiary/aromatic N) is 5. The zero-order valence-electron chi connectivity index (χ0n) is 15.2. The molecule has 0 bridgehead atoms. The number of halogens is 2. The normalized spacial score (nSPS) is 15.0. The average molecular weight is 410 g/mol. The Morgan fingerprint density at radius 3 is 2.48 bits per heavy atom. The largest absolute Gasteiger partial charge is 0.344 e. The minimum Gasteiger partial charge on any atom is -0.320 e. The molecule has 1 aromatic heterocycles. The summed E-state index contributed by atoms with van der Waals surface area (Å²) < 4.78 is 1.28. The van der Waals surface area contributed by atoms with Crippen molar-refractivity contribution in [2.24, 2.45) is 0 Å². The van der Waals surface area contributed by atoms with E-state index in [9.17, 15) is 9.59 Å². The molecule has 0 aliphatic carbocycles. The van der Waals surface area contributed by atoms with E-state index in [2.05, 4.69) is 10.00 Å². The fourth-order valence-electron chi connectivity index (χ4n) is 2.91. The zero-order valence-corrected chi connectivity index (χ0v) is 16.7. The molecule has 0 unspecified atom stereocenters. The van der Waals surface area contributed by atoms with Gasteiger partial charge >= 0.3 is 6.03 Å². The standard InChI is InChI=1S/C18H21Cl2N5O2/c1-13(26)22(2)15-10-21-25(12-15)18(27)24-7-5-23(6-8-24)11-14-3-4-16(19)17(20)9-14/h3-4,9-10,12H,5-8,11H2,1-2H3. The summed E-state index contributed by atoms with van der Waals surface area (Å²) in [5, 5.41) is 5.19. The summed E-state index contributed by atoms with van der Waals surface area (Å²) in [4.78, 5) is 29.5. The quantitative estimate of drug-likeness (QED) is 0.781. The van der Waals surface area contributed by atoms with Crippen molar-refractivity contribution < 1.29 is 9.59 Å². The van der Waals surface area contributed by atoms with Gasteiger partial charge in [-0.3, -0.25) is 9.69 Å². The predicted octanol–water partition coefficient (Wildman–Crippen LogP) is 2.96. The monoisotopic (exact) mass is 409 g/mol. The molecule has 9 heteroatoms. The van der Waals surface area contributed by atoms with Crippen LogP contribution in [0.4, 0.5) is 10.5 Å². The molecule has 0 spiro atoms. The van der Waals surface area contributed by atoms with E-state index in [1.165, 1.54) is 22.7 Å². The van der Waals surface area contributed by atoms with Gasteiger partial charge in [-0.05, 0) is 17.7 Å².